The van der Waals surface area contributed by atoms with Gasteiger partial charge in [0.2, 0.25) is 0 Å². The van der Waals surface area contributed by atoms with Gasteiger partial charge in [0.25, 0.3) is 5.91 Å². The molecule has 0 aliphatic carbocycles. The third-order valence-electron chi connectivity index (χ3n) is 4.18. The van der Waals surface area contributed by atoms with Crippen molar-refractivity contribution in [3.63, 3.8) is 0 Å². The van der Waals surface area contributed by atoms with E-state index >= 15 is 0 Å². The first-order valence-corrected chi connectivity index (χ1v) is 8.09. The molecule has 1 aromatic heterocycles. The minimum Gasteiger partial charge on any atom is -0.467 e. The number of furan rings is 1. The van der Waals surface area contributed by atoms with Gasteiger partial charge in [0.15, 0.2) is 0 Å². The van der Waals surface area contributed by atoms with Crippen LogP contribution in [-0.2, 0) is 0 Å². The minimum atomic E-state index is -0.832. The first kappa shape index (κ1) is 15.6. The van der Waals surface area contributed by atoms with Crippen LogP contribution in [0.5, 0.6) is 0 Å². The van der Waals surface area contributed by atoms with Gasteiger partial charge >= 0.3 is 0 Å². The number of hydrogen-bond acceptors (Lipinski definition) is 4. The highest BCUT2D eigenvalue weighted by atomic mass is 16.4. The summed E-state index contributed by atoms with van der Waals surface area (Å²) in [6, 6.07) is 11.0. The minimum absolute atomic E-state index is 0.125. The quantitative estimate of drug-likeness (QED) is 0.890. The zero-order valence-electron chi connectivity index (χ0n) is 13.1. The zero-order valence-corrected chi connectivity index (χ0v) is 13.1. The van der Waals surface area contributed by atoms with Crippen molar-refractivity contribution >= 4 is 11.6 Å². The number of hydrogen-bond donors (Lipinski definition) is 2. The average Bonchev–Trinajstić information content (AvgIpc) is 3.15. The number of aliphatic hydroxyl groups excluding tert-OH is 1. The van der Waals surface area contributed by atoms with Gasteiger partial charge in [-0.25, -0.2) is 0 Å². The summed E-state index contributed by atoms with van der Waals surface area (Å²) in [6.07, 6.45) is 4.43. The maximum absolute atomic E-state index is 12.1. The Morgan fingerprint density at radius 3 is 2.57 bits per heavy atom. The summed E-state index contributed by atoms with van der Waals surface area (Å²) in [6.45, 7) is 2.29. The predicted molar refractivity (Wildman–Crippen MR) is 88.5 cm³/mol. The molecule has 1 aliphatic heterocycles. The highest BCUT2D eigenvalue weighted by Gasteiger charge is 2.14. The van der Waals surface area contributed by atoms with Crippen LogP contribution < -0.4 is 10.2 Å². The standard InChI is InChI=1S/C18H22N2O3/c21-16(17-5-4-12-23-17)13-19-18(22)14-6-8-15(9-7-14)20-10-2-1-3-11-20/h4-9,12,16,21H,1-3,10-11,13H2,(H,19,22). The molecule has 1 amide bonds. The second-order valence-corrected chi connectivity index (χ2v) is 5.84. The Labute approximate surface area is 135 Å². The van der Waals surface area contributed by atoms with Crippen molar-refractivity contribution in [2.24, 2.45) is 0 Å². The van der Waals surface area contributed by atoms with Crippen LogP contribution in [0.3, 0.4) is 0 Å². The Kier molecular flexibility index (Phi) is 4.98. The summed E-state index contributed by atoms with van der Waals surface area (Å²) in [5.41, 5.74) is 1.76. The molecule has 1 atom stereocenters. The van der Waals surface area contributed by atoms with Crippen molar-refractivity contribution in [2.75, 3.05) is 24.5 Å². The molecule has 2 heterocycles. The molecule has 5 nitrogen and oxygen atoms in total. The first-order chi connectivity index (χ1) is 11.2. The summed E-state index contributed by atoms with van der Waals surface area (Å²) in [5.74, 6) is 0.256. The number of anilines is 1. The van der Waals surface area contributed by atoms with Gasteiger partial charge in [0, 0.05) is 24.3 Å². The highest BCUT2D eigenvalue weighted by molar-refractivity contribution is 5.94. The van der Waals surface area contributed by atoms with Crippen molar-refractivity contribution in [2.45, 2.75) is 25.4 Å². The summed E-state index contributed by atoms with van der Waals surface area (Å²) >= 11 is 0. The third kappa shape index (κ3) is 3.93. The Bertz CT molecular complexity index is 616. The SMILES string of the molecule is O=C(NCC(O)c1ccco1)c1ccc(N2CCCCC2)cc1. The average molecular weight is 314 g/mol. The summed E-state index contributed by atoms with van der Waals surface area (Å²) in [5, 5.41) is 12.6. The maximum atomic E-state index is 12.1. The molecule has 1 aliphatic rings. The molecule has 3 rings (SSSR count). The van der Waals surface area contributed by atoms with Gasteiger partial charge in [-0.1, -0.05) is 0 Å². The van der Waals surface area contributed by atoms with Gasteiger partial charge in [0.1, 0.15) is 11.9 Å². The molecule has 1 unspecified atom stereocenters. The fourth-order valence-electron chi connectivity index (χ4n) is 2.85. The molecule has 1 fully saturated rings. The molecule has 1 saturated heterocycles. The Hall–Kier alpha value is -2.27. The van der Waals surface area contributed by atoms with Crippen molar-refractivity contribution < 1.29 is 14.3 Å². The Balaban J connectivity index is 1.55. The number of nitrogens with one attached hydrogen (secondary N) is 1. The smallest absolute Gasteiger partial charge is 0.251 e. The van der Waals surface area contributed by atoms with Crippen LogP contribution in [0.25, 0.3) is 0 Å². The molecular formula is C18H22N2O3. The Morgan fingerprint density at radius 1 is 1.17 bits per heavy atom. The molecule has 2 N–H and O–H groups in total. The van der Waals surface area contributed by atoms with E-state index in [9.17, 15) is 9.90 Å². The number of carbonyl (C=O) groups is 1. The lowest BCUT2D eigenvalue weighted by molar-refractivity contribution is 0.0901. The van der Waals surface area contributed by atoms with Crippen LogP contribution in [0.15, 0.2) is 47.1 Å². The van der Waals surface area contributed by atoms with Gasteiger partial charge < -0.3 is 19.7 Å². The maximum Gasteiger partial charge on any atom is 0.251 e. The van der Waals surface area contributed by atoms with Gasteiger partial charge in [-0.05, 0) is 55.7 Å². The fraction of sp³-hybridized carbons (Fsp3) is 0.389. The first-order valence-electron chi connectivity index (χ1n) is 8.09. The van der Waals surface area contributed by atoms with Crippen LogP contribution in [0.1, 0.15) is 41.5 Å². The number of aliphatic hydroxyl groups is 1. The van der Waals surface area contributed by atoms with Gasteiger partial charge in [-0.15, -0.1) is 0 Å². The molecule has 2 aromatic rings. The molecule has 122 valence electrons. The monoisotopic (exact) mass is 314 g/mol. The lowest BCUT2D eigenvalue weighted by atomic mass is 10.1. The van der Waals surface area contributed by atoms with E-state index in [1.807, 2.05) is 24.3 Å². The van der Waals surface area contributed by atoms with Crippen molar-refractivity contribution in [3.05, 3.63) is 54.0 Å². The van der Waals surface area contributed by atoms with E-state index in [1.165, 1.54) is 25.5 Å². The molecule has 1 aromatic carbocycles. The van der Waals surface area contributed by atoms with E-state index in [2.05, 4.69) is 10.2 Å². The predicted octanol–water partition coefficient (Wildman–Crippen LogP) is 2.73. The number of nitrogens with zero attached hydrogens (tertiary/aromatic N) is 1. The fourth-order valence-corrected chi connectivity index (χ4v) is 2.85. The van der Waals surface area contributed by atoms with Crippen LogP contribution in [-0.4, -0.2) is 30.6 Å². The molecule has 0 spiro atoms. The second-order valence-electron chi connectivity index (χ2n) is 5.84. The normalized spacial score (nSPS) is 16.1. The number of amides is 1. The van der Waals surface area contributed by atoms with E-state index in [4.69, 9.17) is 4.42 Å². The highest BCUT2D eigenvalue weighted by Crippen LogP contribution is 2.20. The number of rotatable bonds is 5. The van der Waals surface area contributed by atoms with Gasteiger partial charge in [-0.3, -0.25) is 4.79 Å². The van der Waals surface area contributed by atoms with Crippen molar-refractivity contribution in [3.8, 4) is 0 Å². The van der Waals surface area contributed by atoms with E-state index in [0.717, 1.165) is 18.8 Å². The van der Waals surface area contributed by atoms with E-state index in [-0.39, 0.29) is 12.5 Å². The molecule has 0 radical (unpaired) electrons. The lowest BCUT2D eigenvalue weighted by Gasteiger charge is -2.28. The number of carbonyl (C=O) groups excluding carboxylic acids is 1. The Morgan fingerprint density at radius 2 is 1.91 bits per heavy atom. The zero-order chi connectivity index (χ0) is 16.1. The molecule has 0 saturated carbocycles. The number of piperidine rings is 1. The molecule has 5 heteroatoms. The second kappa shape index (κ2) is 7.33. The number of benzene rings is 1. The van der Waals surface area contributed by atoms with Gasteiger partial charge in [0.05, 0.1) is 12.8 Å². The lowest BCUT2D eigenvalue weighted by Crippen LogP contribution is -2.30. The molecule has 0 bridgehead atoms. The van der Waals surface area contributed by atoms with E-state index in [1.54, 1.807) is 12.1 Å². The van der Waals surface area contributed by atoms with Crippen LogP contribution >= 0.6 is 0 Å². The molecular weight excluding hydrogens is 292 g/mol. The van der Waals surface area contributed by atoms with E-state index in [0.29, 0.717) is 11.3 Å². The van der Waals surface area contributed by atoms with Crippen LogP contribution in [0.4, 0.5) is 5.69 Å². The van der Waals surface area contributed by atoms with Crippen LogP contribution in [0, 0.1) is 0 Å². The van der Waals surface area contributed by atoms with Gasteiger partial charge in [-0.2, -0.15) is 0 Å². The van der Waals surface area contributed by atoms with E-state index < -0.39 is 6.10 Å². The third-order valence-corrected chi connectivity index (χ3v) is 4.18. The van der Waals surface area contributed by atoms with Crippen LogP contribution in [0.2, 0.25) is 0 Å². The largest absolute Gasteiger partial charge is 0.467 e. The van der Waals surface area contributed by atoms with Crippen molar-refractivity contribution in [1.29, 1.82) is 0 Å². The summed E-state index contributed by atoms with van der Waals surface area (Å²) in [7, 11) is 0. The summed E-state index contributed by atoms with van der Waals surface area (Å²) < 4.78 is 5.11. The molecule has 23 heavy (non-hydrogen) atoms. The van der Waals surface area contributed by atoms with Crippen molar-refractivity contribution in [1.82, 2.24) is 5.32 Å². The summed E-state index contributed by atoms with van der Waals surface area (Å²) in [4.78, 5) is 14.5. The topological polar surface area (TPSA) is 65.7 Å².